The van der Waals surface area contributed by atoms with Crippen molar-refractivity contribution in [2.75, 3.05) is 0 Å². The number of rotatable bonds is 2. The summed E-state index contributed by atoms with van der Waals surface area (Å²) in [5, 5.41) is 3.92. The van der Waals surface area contributed by atoms with Crippen molar-refractivity contribution in [2.24, 2.45) is 5.92 Å². The number of β-lactam (4-membered cyclic amide) rings is 1. The SMILES string of the molecule is CC1=CS(=O)(=O)[C@@]2(CC(C)C)C(=O)N[C@@H]12. The zero-order valence-electron chi connectivity index (χ0n) is 9.07. The molecule has 84 valence electrons. The molecule has 2 heterocycles. The van der Waals surface area contributed by atoms with E-state index in [1.165, 1.54) is 5.41 Å². The van der Waals surface area contributed by atoms with Gasteiger partial charge in [0.1, 0.15) is 0 Å². The molecule has 0 aromatic heterocycles. The molecular weight excluding hydrogens is 214 g/mol. The van der Waals surface area contributed by atoms with Gasteiger partial charge in [-0.15, -0.1) is 0 Å². The molecule has 0 radical (unpaired) electrons. The van der Waals surface area contributed by atoms with Gasteiger partial charge in [0.15, 0.2) is 14.6 Å². The van der Waals surface area contributed by atoms with E-state index in [1.54, 1.807) is 6.92 Å². The Labute approximate surface area is 89.7 Å². The van der Waals surface area contributed by atoms with Crippen LogP contribution in [0.3, 0.4) is 0 Å². The highest BCUT2D eigenvalue weighted by atomic mass is 32.2. The fourth-order valence-electron chi connectivity index (χ4n) is 2.55. The first-order chi connectivity index (χ1) is 6.81. The summed E-state index contributed by atoms with van der Waals surface area (Å²) in [4.78, 5) is 11.6. The molecule has 2 rings (SSSR count). The summed E-state index contributed by atoms with van der Waals surface area (Å²) in [6.45, 7) is 5.62. The second-order valence-corrected chi connectivity index (χ2v) is 6.86. The van der Waals surface area contributed by atoms with Gasteiger partial charge in [-0.2, -0.15) is 0 Å². The second-order valence-electron chi connectivity index (χ2n) is 4.80. The van der Waals surface area contributed by atoms with Crippen molar-refractivity contribution in [1.82, 2.24) is 5.32 Å². The van der Waals surface area contributed by atoms with Gasteiger partial charge in [-0.1, -0.05) is 13.8 Å². The Balaban J connectivity index is 2.49. The molecule has 0 unspecified atom stereocenters. The number of carbonyl (C=O) groups is 1. The molecule has 0 aromatic rings. The molecule has 0 aliphatic carbocycles. The molecule has 1 fully saturated rings. The minimum Gasteiger partial charge on any atom is -0.346 e. The van der Waals surface area contributed by atoms with Crippen molar-refractivity contribution in [3.05, 3.63) is 11.0 Å². The molecule has 1 amide bonds. The van der Waals surface area contributed by atoms with Gasteiger partial charge >= 0.3 is 0 Å². The molecule has 0 aromatic carbocycles. The standard InChI is InChI=1S/C10H15NO3S/c1-6(2)4-10-8(11-9(10)12)7(3)5-15(10,13)14/h5-6,8H,4H2,1-3H3,(H,11,12)/t8-,10+/m0/s1. The maximum absolute atomic E-state index is 12.0. The fourth-order valence-corrected chi connectivity index (χ4v) is 4.84. The number of hydrogen-bond acceptors (Lipinski definition) is 3. The molecule has 5 heteroatoms. The smallest absolute Gasteiger partial charge is 0.244 e. The van der Waals surface area contributed by atoms with E-state index in [-0.39, 0.29) is 17.9 Å². The molecule has 0 saturated carbocycles. The minimum atomic E-state index is -3.42. The van der Waals surface area contributed by atoms with E-state index in [4.69, 9.17) is 0 Å². The summed E-state index contributed by atoms with van der Waals surface area (Å²) in [7, 11) is -3.42. The predicted octanol–water partition coefficient (Wildman–Crippen LogP) is 0.602. The van der Waals surface area contributed by atoms with Gasteiger partial charge in [-0.05, 0) is 24.8 Å². The Morgan fingerprint density at radius 1 is 1.53 bits per heavy atom. The Bertz CT molecular complexity index is 449. The fraction of sp³-hybridized carbons (Fsp3) is 0.700. The molecular formula is C10H15NO3S. The molecule has 4 nitrogen and oxygen atoms in total. The van der Waals surface area contributed by atoms with Crippen molar-refractivity contribution in [2.45, 2.75) is 38.0 Å². The van der Waals surface area contributed by atoms with Crippen molar-refractivity contribution in [1.29, 1.82) is 0 Å². The largest absolute Gasteiger partial charge is 0.346 e. The molecule has 2 aliphatic rings. The summed E-state index contributed by atoms with van der Waals surface area (Å²) in [5.74, 6) is -0.151. The molecule has 2 aliphatic heterocycles. The van der Waals surface area contributed by atoms with Crippen molar-refractivity contribution in [3.8, 4) is 0 Å². The molecule has 2 atom stereocenters. The molecule has 0 spiro atoms. The Kier molecular flexibility index (Phi) is 2.02. The predicted molar refractivity (Wildman–Crippen MR) is 56.8 cm³/mol. The van der Waals surface area contributed by atoms with E-state index < -0.39 is 14.6 Å². The van der Waals surface area contributed by atoms with Crippen LogP contribution in [0.15, 0.2) is 11.0 Å². The summed E-state index contributed by atoms with van der Waals surface area (Å²) in [5.41, 5.74) is 0.746. The first-order valence-electron chi connectivity index (χ1n) is 5.05. The van der Waals surface area contributed by atoms with Gasteiger partial charge in [0, 0.05) is 5.41 Å². The van der Waals surface area contributed by atoms with Crippen LogP contribution in [0.1, 0.15) is 27.2 Å². The van der Waals surface area contributed by atoms with Crippen LogP contribution in [0.25, 0.3) is 0 Å². The lowest BCUT2D eigenvalue weighted by atomic mass is 9.80. The van der Waals surface area contributed by atoms with Crippen molar-refractivity contribution in [3.63, 3.8) is 0 Å². The van der Waals surface area contributed by atoms with E-state index in [2.05, 4.69) is 5.32 Å². The Morgan fingerprint density at radius 2 is 2.13 bits per heavy atom. The second kappa shape index (κ2) is 2.84. The number of nitrogens with one attached hydrogen (secondary N) is 1. The topological polar surface area (TPSA) is 63.2 Å². The zero-order valence-corrected chi connectivity index (χ0v) is 9.89. The molecule has 15 heavy (non-hydrogen) atoms. The van der Waals surface area contributed by atoms with Crippen molar-refractivity contribution >= 4 is 15.7 Å². The highest BCUT2D eigenvalue weighted by Gasteiger charge is 2.67. The van der Waals surface area contributed by atoms with E-state index in [9.17, 15) is 13.2 Å². The van der Waals surface area contributed by atoms with E-state index >= 15 is 0 Å². The third kappa shape index (κ3) is 1.13. The number of carbonyl (C=O) groups excluding carboxylic acids is 1. The van der Waals surface area contributed by atoms with Crippen LogP contribution >= 0.6 is 0 Å². The van der Waals surface area contributed by atoms with E-state index in [0.717, 1.165) is 5.57 Å². The average molecular weight is 229 g/mol. The summed E-state index contributed by atoms with van der Waals surface area (Å²) in [6.07, 6.45) is 0.402. The minimum absolute atomic E-state index is 0.188. The maximum Gasteiger partial charge on any atom is 0.244 e. The summed E-state index contributed by atoms with van der Waals surface area (Å²) >= 11 is 0. The van der Waals surface area contributed by atoms with Crippen LogP contribution in [-0.4, -0.2) is 25.1 Å². The first-order valence-corrected chi connectivity index (χ1v) is 6.59. The lowest BCUT2D eigenvalue weighted by Crippen LogP contribution is -2.73. The van der Waals surface area contributed by atoms with Gasteiger partial charge < -0.3 is 5.32 Å². The third-order valence-electron chi connectivity index (χ3n) is 3.14. The van der Waals surface area contributed by atoms with Crippen LogP contribution < -0.4 is 5.32 Å². The van der Waals surface area contributed by atoms with Gasteiger partial charge in [-0.3, -0.25) is 4.79 Å². The van der Waals surface area contributed by atoms with Gasteiger partial charge in [0.2, 0.25) is 5.91 Å². The van der Waals surface area contributed by atoms with E-state index in [1.807, 2.05) is 13.8 Å². The maximum atomic E-state index is 12.0. The highest BCUT2D eigenvalue weighted by molar-refractivity contribution is 7.97. The monoisotopic (exact) mass is 229 g/mol. The van der Waals surface area contributed by atoms with Crippen LogP contribution in [0.5, 0.6) is 0 Å². The lowest BCUT2D eigenvalue weighted by Gasteiger charge is -2.44. The molecule has 1 N–H and O–H groups in total. The highest BCUT2D eigenvalue weighted by Crippen LogP contribution is 2.45. The van der Waals surface area contributed by atoms with Crippen LogP contribution in [-0.2, 0) is 14.6 Å². The van der Waals surface area contributed by atoms with Crippen molar-refractivity contribution < 1.29 is 13.2 Å². The number of fused-ring (bicyclic) bond motifs is 1. The van der Waals surface area contributed by atoms with Gasteiger partial charge in [0.05, 0.1) is 6.04 Å². The molecule has 1 saturated heterocycles. The summed E-state index contributed by atoms with van der Waals surface area (Å²) < 4.78 is 22.7. The number of hydrogen-bond donors (Lipinski definition) is 1. The van der Waals surface area contributed by atoms with Crippen LogP contribution in [0.2, 0.25) is 0 Å². The Hall–Kier alpha value is -0.840. The zero-order chi connectivity index (χ0) is 11.4. The third-order valence-corrected chi connectivity index (χ3v) is 5.43. The number of amides is 1. The first kappa shape index (κ1) is 10.7. The lowest BCUT2D eigenvalue weighted by molar-refractivity contribution is -0.132. The summed E-state index contributed by atoms with van der Waals surface area (Å²) in [6, 6.07) is -0.294. The van der Waals surface area contributed by atoms with Crippen LogP contribution in [0, 0.1) is 5.92 Å². The van der Waals surface area contributed by atoms with Crippen LogP contribution in [0.4, 0.5) is 0 Å². The normalized spacial score (nSPS) is 36.9. The van der Waals surface area contributed by atoms with E-state index in [0.29, 0.717) is 6.42 Å². The molecule has 0 bridgehead atoms. The quantitative estimate of drug-likeness (QED) is 0.705. The number of sulfone groups is 1. The van der Waals surface area contributed by atoms with Gasteiger partial charge in [0.25, 0.3) is 0 Å². The Morgan fingerprint density at radius 3 is 2.53 bits per heavy atom. The van der Waals surface area contributed by atoms with Gasteiger partial charge in [-0.25, -0.2) is 8.42 Å². The average Bonchev–Trinajstić information content (AvgIpc) is 2.20.